The summed E-state index contributed by atoms with van der Waals surface area (Å²) < 4.78 is 25.5. The lowest BCUT2D eigenvalue weighted by molar-refractivity contribution is 0.229. The Morgan fingerprint density at radius 2 is 1.32 bits per heavy atom. The average molecular weight is 413 g/mol. The van der Waals surface area contributed by atoms with Crippen LogP contribution in [0.1, 0.15) is 11.1 Å². The minimum atomic E-state index is -4.64. The minimum absolute atomic E-state index is 0.0176. The minimum Gasteiger partial charge on any atom is -0.504 e. The number of hydrogen-bond donors (Lipinski definition) is 4. The fourth-order valence-corrected chi connectivity index (χ4v) is 2.88. The first kappa shape index (κ1) is 21.6. The zero-order valence-electron chi connectivity index (χ0n) is 15.7. The van der Waals surface area contributed by atoms with Crippen molar-refractivity contribution in [2.24, 2.45) is 0 Å². The van der Waals surface area contributed by atoms with E-state index in [2.05, 4.69) is 4.52 Å². The van der Waals surface area contributed by atoms with Crippen LogP contribution >= 0.6 is 8.17 Å². The summed E-state index contributed by atoms with van der Waals surface area (Å²) in [5.41, 5.74) is 0.957. The molecule has 2 aromatic carbocycles. The second-order valence-corrected chi connectivity index (χ2v) is 6.64. The van der Waals surface area contributed by atoms with Gasteiger partial charge in [-0.2, -0.15) is 14.7 Å². The number of hydrogen-bond acceptors (Lipinski definition) is 9. The molecule has 0 unspecified atom stereocenters. The number of benzene rings is 2. The van der Waals surface area contributed by atoms with Crippen molar-refractivity contribution >= 4 is 20.3 Å². The van der Waals surface area contributed by atoms with Crippen LogP contribution in [0.5, 0.6) is 34.5 Å². The molecule has 152 valence electrons. The maximum Gasteiger partial charge on any atom is 0.614 e. The number of rotatable bonds is 8. The molecule has 0 saturated carbocycles. The summed E-state index contributed by atoms with van der Waals surface area (Å²) in [5, 5.41) is 10.4. The zero-order valence-corrected chi connectivity index (χ0v) is 16.6. The monoisotopic (exact) mass is 413 g/mol. The summed E-state index contributed by atoms with van der Waals surface area (Å²) in [4.78, 5) is 27.5. The molecule has 2 rings (SSSR count). The highest BCUT2D eigenvalue weighted by Crippen LogP contribution is 2.52. The third kappa shape index (κ3) is 4.96. The second kappa shape index (κ2) is 8.99. The van der Waals surface area contributed by atoms with Gasteiger partial charge in [-0.25, -0.2) is 0 Å². The molecule has 0 bridgehead atoms. The maximum absolute atomic E-state index is 10.4. The van der Waals surface area contributed by atoms with E-state index in [9.17, 15) is 5.11 Å². The summed E-state index contributed by atoms with van der Waals surface area (Å²) in [6.07, 6.45) is 3.21. The van der Waals surface area contributed by atoms with Crippen LogP contribution in [-0.4, -0.2) is 48.2 Å². The largest absolute Gasteiger partial charge is 0.614 e. The van der Waals surface area contributed by atoms with E-state index in [-0.39, 0.29) is 11.3 Å². The summed E-state index contributed by atoms with van der Waals surface area (Å²) in [5.74, 6) is 0.544. The summed E-state index contributed by atoms with van der Waals surface area (Å²) in [7, 11) is 1.16. The Labute approximate surface area is 162 Å². The smallest absolute Gasteiger partial charge is 0.504 e. The molecule has 0 radical (unpaired) electrons. The molecule has 0 heterocycles. The molecule has 9 nitrogen and oxygen atoms in total. The van der Waals surface area contributed by atoms with Crippen molar-refractivity contribution in [3.05, 3.63) is 35.4 Å². The lowest BCUT2D eigenvalue weighted by atomic mass is 10.1. The molecule has 0 aliphatic heterocycles. The predicted molar refractivity (Wildman–Crippen MR) is 104 cm³/mol. The van der Waals surface area contributed by atoms with Gasteiger partial charge in [-0.15, -0.1) is 0 Å². The van der Waals surface area contributed by atoms with Gasteiger partial charge in [0.25, 0.3) is 5.75 Å². The molecule has 0 aliphatic carbocycles. The molecule has 0 fully saturated rings. The van der Waals surface area contributed by atoms with Crippen LogP contribution < -0.4 is 23.5 Å². The van der Waals surface area contributed by atoms with E-state index < -0.39 is 19.7 Å². The van der Waals surface area contributed by atoms with Gasteiger partial charge in [0.15, 0.2) is 23.0 Å². The quantitative estimate of drug-likeness (QED) is 0.381. The van der Waals surface area contributed by atoms with Gasteiger partial charge in [0.1, 0.15) is 0 Å². The Kier molecular flexibility index (Phi) is 6.93. The Hall–Kier alpha value is -2.71. The Morgan fingerprint density at radius 1 is 0.750 bits per heavy atom. The van der Waals surface area contributed by atoms with E-state index in [1.165, 1.54) is 40.6 Å². The van der Waals surface area contributed by atoms with Gasteiger partial charge < -0.3 is 24.1 Å². The molecular formula is C18H22O9P+. The van der Waals surface area contributed by atoms with Gasteiger partial charge in [0.05, 0.1) is 28.4 Å². The van der Waals surface area contributed by atoms with Crippen LogP contribution in [0.3, 0.4) is 0 Å². The first-order chi connectivity index (χ1) is 13.2. The van der Waals surface area contributed by atoms with Crippen LogP contribution in [-0.2, 0) is 0 Å². The maximum atomic E-state index is 10.4. The van der Waals surface area contributed by atoms with E-state index in [1.807, 2.05) is 0 Å². The predicted octanol–water partition coefficient (Wildman–Crippen LogP) is 2.63. The van der Waals surface area contributed by atoms with Crippen molar-refractivity contribution in [3.63, 3.8) is 0 Å². The molecule has 0 atom stereocenters. The van der Waals surface area contributed by atoms with E-state index in [0.29, 0.717) is 22.8 Å². The standard InChI is InChI=1S/C18H21O9P/c1-23-13-8-7-12(16(19)18(13)27-28(20,21)22)6-5-11-9-14(24-2)17(26-4)15(10-11)25-3/h5-10,20-22H,1-4H3/p+1/b6-5-. The molecule has 0 aromatic heterocycles. The number of phenolic OH excluding ortho intramolecular Hbond substituents is 1. The SMILES string of the molecule is COc1cc(/C=C\c2ccc(OC)c(O[P+](O)(O)O)c2O)cc(OC)c1OC. The number of methoxy groups -OCH3 is 4. The molecule has 0 spiro atoms. The van der Waals surface area contributed by atoms with Gasteiger partial charge >= 0.3 is 8.17 Å². The molecule has 0 aliphatic rings. The van der Waals surface area contributed by atoms with Crippen molar-refractivity contribution in [1.82, 2.24) is 0 Å². The molecular weight excluding hydrogens is 391 g/mol. The molecule has 2 aromatic rings. The van der Waals surface area contributed by atoms with E-state index in [4.69, 9.17) is 33.6 Å². The fraction of sp³-hybridized carbons (Fsp3) is 0.222. The summed E-state index contributed by atoms with van der Waals surface area (Å²) >= 11 is 0. The van der Waals surface area contributed by atoms with Crippen LogP contribution in [0, 0.1) is 0 Å². The van der Waals surface area contributed by atoms with Crippen molar-refractivity contribution in [3.8, 4) is 34.5 Å². The third-order valence-electron chi connectivity index (χ3n) is 3.70. The molecule has 0 saturated heterocycles. The fourth-order valence-electron chi connectivity index (χ4n) is 2.46. The number of aromatic hydroxyl groups is 1. The molecule has 0 amide bonds. The van der Waals surface area contributed by atoms with Crippen LogP contribution in [0.15, 0.2) is 24.3 Å². The molecule has 4 N–H and O–H groups in total. The normalized spacial score (nSPS) is 11.4. The number of ether oxygens (including phenoxy) is 4. The van der Waals surface area contributed by atoms with E-state index in [0.717, 1.165) is 0 Å². The Morgan fingerprint density at radius 3 is 1.79 bits per heavy atom. The molecule has 28 heavy (non-hydrogen) atoms. The zero-order chi connectivity index (χ0) is 20.9. The highest BCUT2D eigenvalue weighted by molar-refractivity contribution is 7.53. The first-order valence-electron chi connectivity index (χ1n) is 7.89. The van der Waals surface area contributed by atoms with Gasteiger partial charge in [0.2, 0.25) is 5.75 Å². The average Bonchev–Trinajstić information content (AvgIpc) is 2.66. The first-order valence-corrected chi connectivity index (χ1v) is 9.45. The van der Waals surface area contributed by atoms with Crippen molar-refractivity contribution in [1.29, 1.82) is 0 Å². The van der Waals surface area contributed by atoms with Crippen LogP contribution in [0.4, 0.5) is 0 Å². The van der Waals surface area contributed by atoms with Gasteiger partial charge in [-0.3, -0.25) is 4.52 Å². The van der Waals surface area contributed by atoms with Gasteiger partial charge in [-0.1, -0.05) is 12.2 Å². The number of phenols is 1. The van der Waals surface area contributed by atoms with Crippen LogP contribution in [0.25, 0.3) is 12.2 Å². The highest BCUT2D eigenvalue weighted by Gasteiger charge is 2.38. The Balaban J connectivity index is 2.45. The summed E-state index contributed by atoms with van der Waals surface area (Å²) in [6.45, 7) is 0. The lowest BCUT2D eigenvalue weighted by Crippen LogP contribution is -2.00. The van der Waals surface area contributed by atoms with Gasteiger partial charge in [0, 0.05) is 5.56 Å². The van der Waals surface area contributed by atoms with Gasteiger partial charge in [-0.05, 0) is 29.8 Å². The highest BCUT2D eigenvalue weighted by atomic mass is 31.2. The third-order valence-corrected chi connectivity index (χ3v) is 4.13. The summed E-state index contributed by atoms with van der Waals surface area (Å²) in [6, 6.07) is 6.39. The topological polar surface area (TPSA) is 127 Å². The van der Waals surface area contributed by atoms with E-state index >= 15 is 0 Å². The lowest BCUT2D eigenvalue weighted by Gasteiger charge is -2.13. The van der Waals surface area contributed by atoms with Crippen LogP contribution in [0.2, 0.25) is 0 Å². The van der Waals surface area contributed by atoms with Crippen molar-refractivity contribution in [2.75, 3.05) is 28.4 Å². The molecule has 10 heteroatoms. The second-order valence-electron chi connectivity index (χ2n) is 5.43. The van der Waals surface area contributed by atoms with E-state index in [1.54, 1.807) is 24.3 Å². The van der Waals surface area contributed by atoms with Crippen molar-refractivity contribution < 1.29 is 43.3 Å². The Bertz CT molecular complexity index is 834. The van der Waals surface area contributed by atoms with Crippen molar-refractivity contribution in [2.45, 2.75) is 0 Å².